The van der Waals surface area contributed by atoms with Crippen molar-refractivity contribution in [3.63, 3.8) is 0 Å². The normalized spacial score (nSPS) is 21.8. The van der Waals surface area contributed by atoms with Gasteiger partial charge >= 0.3 is 0 Å². The number of benzene rings is 2. The first-order chi connectivity index (χ1) is 18.3. The summed E-state index contributed by atoms with van der Waals surface area (Å²) in [6.45, 7) is 5.37. The summed E-state index contributed by atoms with van der Waals surface area (Å²) < 4.78 is 0. The van der Waals surface area contributed by atoms with Crippen molar-refractivity contribution in [2.75, 3.05) is 13.1 Å². The number of aromatic nitrogens is 4. The van der Waals surface area contributed by atoms with Gasteiger partial charge in [0.15, 0.2) is 5.82 Å². The number of tetrazole rings is 1. The molecular weight excluding hydrogens is 482 g/mol. The number of primary amides is 2. The Labute approximate surface area is 218 Å². The molecule has 0 bridgehead atoms. The van der Waals surface area contributed by atoms with E-state index in [1.807, 2.05) is 12.1 Å². The Morgan fingerprint density at radius 3 is 2.34 bits per heavy atom. The molecule has 2 fully saturated rings. The van der Waals surface area contributed by atoms with E-state index < -0.39 is 17.2 Å². The molecule has 1 aliphatic heterocycles. The maximum atomic E-state index is 12.0. The van der Waals surface area contributed by atoms with E-state index in [1.54, 1.807) is 24.3 Å². The smallest absolute Gasteiger partial charge is 0.248 e. The fourth-order valence-electron chi connectivity index (χ4n) is 6.32. The van der Waals surface area contributed by atoms with Crippen LogP contribution in [0.3, 0.4) is 0 Å². The molecule has 2 aliphatic carbocycles. The zero-order valence-electron chi connectivity index (χ0n) is 20.6. The van der Waals surface area contributed by atoms with Crippen molar-refractivity contribution in [3.05, 3.63) is 76.8 Å². The highest BCUT2D eigenvalue weighted by atomic mass is 16.1. The lowest BCUT2D eigenvalue weighted by atomic mass is 9.74. The van der Waals surface area contributed by atoms with E-state index in [9.17, 15) is 14.9 Å². The number of carbonyl (C=O) groups excluding carboxylic acids is 2. The van der Waals surface area contributed by atoms with Crippen LogP contribution in [0.1, 0.15) is 56.9 Å². The Morgan fingerprint density at radius 2 is 1.79 bits per heavy atom. The van der Waals surface area contributed by atoms with Gasteiger partial charge in [-0.05, 0) is 78.2 Å². The molecule has 3 atom stereocenters. The van der Waals surface area contributed by atoms with Gasteiger partial charge in [-0.3, -0.25) is 9.59 Å². The largest absolute Gasteiger partial charge is 0.366 e. The third kappa shape index (κ3) is 3.56. The van der Waals surface area contributed by atoms with Crippen molar-refractivity contribution in [3.8, 4) is 17.2 Å². The number of H-pyrrole nitrogens is 1. The molecule has 3 aliphatic rings. The van der Waals surface area contributed by atoms with Crippen LogP contribution in [-0.4, -0.2) is 62.5 Å². The Kier molecular flexibility index (Phi) is 5.50. The molecule has 11 heteroatoms. The lowest BCUT2D eigenvalue weighted by Gasteiger charge is -2.30. The SMILES string of the molecule is C=C(CNCCC1(c2nn[nH]n2)c2ccc(C(N)=O)cc2-c2cc(C(N)=O)ccc21)N1C(C#N)C[C@@H]2C[C@@H]21. The van der Waals surface area contributed by atoms with Crippen molar-refractivity contribution in [2.24, 2.45) is 17.4 Å². The highest BCUT2D eigenvalue weighted by Crippen LogP contribution is 2.54. The highest BCUT2D eigenvalue weighted by Gasteiger charge is 2.52. The van der Waals surface area contributed by atoms with E-state index in [1.165, 1.54) is 0 Å². The standard InChI is InChI=1S/C27H27N9O2/c1-14(36-18(12-28)8-17-11-23(17)36)13-31-7-6-27(26-32-34-35-33-26)21-4-2-15(24(29)37)9-19(21)20-10-16(25(30)38)3-5-22(20)27/h2-5,9-10,17-18,23,31H,1,6-8,11,13H2,(H2,29,37)(H2,30,38)(H,32,33,34,35)/t17-,18?,23+/m1/s1. The number of nitrogens with one attached hydrogen (secondary N) is 2. The second-order valence-corrected chi connectivity index (χ2v) is 10.2. The molecule has 38 heavy (non-hydrogen) atoms. The van der Waals surface area contributed by atoms with Crippen LogP contribution in [0.25, 0.3) is 11.1 Å². The van der Waals surface area contributed by atoms with Gasteiger partial charge in [0.25, 0.3) is 0 Å². The molecule has 0 spiro atoms. The molecule has 6 rings (SSSR count). The fourth-order valence-corrected chi connectivity index (χ4v) is 6.32. The Balaban J connectivity index is 1.34. The van der Waals surface area contributed by atoms with Crippen LogP contribution in [0.5, 0.6) is 0 Å². The Bertz CT molecular complexity index is 1440. The van der Waals surface area contributed by atoms with Crippen LogP contribution in [0.4, 0.5) is 0 Å². The number of hydrogen-bond acceptors (Lipinski definition) is 8. The third-order valence-electron chi connectivity index (χ3n) is 8.17. The second kappa shape index (κ2) is 8.78. The molecule has 1 unspecified atom stereocenters. The summed E-state index contributed by atoms with van der Waals surface area (Å²) in [5, 5.41) is 28.2. The zero-order valence-corrected chi connectivity index (χ0v) is 20.6. The number of carbonyl (C=O) groups is 2. The lowest BCUT2D eigenvalue weighted by Crippen LogP contribution is -2.37. The van der Waals surface area contributed by atoms with Gasteiger partial charge in [0.05, 0.1) is 11.5 Å². The Hall–Kier alpha value is -4.56. The average Bonchev–Trinajstić information content (AvgIpc) is 3.25. The lowest BCUT2D eigenvalue weighted by molar-refractivity contribution is 0.0991. The van der Waals surface area contributed by atoms with Crippen molar-refractivity contribution in [1.82, 2.24) is 30.8 Å². The van der Waals surface area contributed by atoms with Crippen molar-refractivity contribution >= 4 is 11.8 Å². The maximum absolute atomic E-state index is 12.0. The minimum Gasteiger partial charge on any atom is -0.366 e. The summed E-state index contributed by atoms with van der Waals surface area (Å²) in [7, 11) is 0. The summed E-state index contributed by atoms with van der Waals surface area (Å²) in [5.74, 6) is -0.0112. The maximum Gasteiger partial charge on any atom is 0.248 e. The van der Waals surface area contributed by atoms with Gasteiger partial charge in [-0.1, -0.05) is 23.9 Å². The van der Waals surface area contributed by atoms with Gasteiger partial charge in [0.1, 0.15) is 6.04 Å². The van der Waals surface area contributed by atoms with Crippen molar-refractivity contribution in [2.45, 2.75) is 36.8 Å². The predicted octanol–water partition coefficient (Wildman–Crippen LogP) is 1.19. The van der Waals surface area contributed by atoms with Gasteiger partial charge < -0.3 is 21.7 Å². The first kappa shape index (κ1) is 23.8. The molecule has 2 amide bonds. The van der Waals surface area contributed by atoms with E-state index in [4.69, 9.17) is 11.5 Å². The highest BCUT2D eigenvalue weighted by molar-refractivity contribution is 5.98. The van der Waals surface area contributed by atoms with E-state index in [0.717, 1.165) is 40.8 Å². The van der Waals surface area contributed by atoms with Gasteiger partial charge in [-0.25, -0.2) is 0 Å². The molecule has 2 heterocycles. The number of nitriles is 1. The number of rotatable bonds is 9. The van der Waals surface area contributed by atoms with E-state index >= 15 is 0 Å². The number of amides is 2. The Morgan fingerprint density at radius 1 is 1.13 bits per heavy atom. The topological polar surface area (TPSA) is 180 Å². The average molecular weight is 510 g/mol. The zero-order chi connectivity index (χ0) is 26.6. The van der Waals surface area contributed by atoms with E-state index in [2.05, 4.69) is 43.5 Å². The summed E-state index contributed by atoms with van der Waals surface area (Å²) in [4.78, 5) is 26.2. The van der Waals surface area contributed by atoms with Crippen LogP contribution in [0.15, 0.2) is 48.7 Å². The minimum absolute atomic E-state index is 0.105. The van der Waals surface area contributed by atoms with Crippen LogP contribution in [-0.2, 0) is 5.41 Å². The van der Waals surface area contributed by atoms with Gasteiger partial charge in [-0.15, -0.1) is 10.2 Å². The van der Waals surface area contributed by atoms with Crippen LogP contribution in [0, 0.1) is 17.2 Å². The number of fused-ring (bicyclic) bond motifs is 4. The first-order valence-electron chi connectivity index (χ1n) is 12.5. The number of piperidine rings is 1. The minimum atomic E-state index is -0.803. The van der Waals surface area contributed by atoms with Crippen LogP contribution >= 0.6 is 0 Å². The summed E-state index contributed by atoms with van der Waals surface area (Å²) in [6.07, 6.45) is 2.60. The number of nitrogens with zero attached hydrogens (tertiary/aromatic N) is 5. The first-order valence-corrected chi connectivity index (χ1v) is 12.5. The summed E-state index contributed by atoms with van der Waals surface area (Å²) in [6, 6.07) is 13.3. The second-order valence-electron chi connectivity index (χ2n) is 10.2. The molecule has 1 saturated carbocycles. The molecule has 2 aromatic carbocycles. The number of hydrogen-bond donors (Lipinski definition) is 4. The molecular formula is C27H27N9O2. The molecule has 3 aromatic rings. The molecule has 192 valence electrons. The fraction of sp³-hybridized carbons (Fsp3) is 0.333. The molecule has 11 nitrogen and oxygen atoms in total. The van der Waals surface area contributed by atoms with E-state index in [-0.39, 0.29) is 6.04 Å². The van der Waals surface area contributed by atoms with Crippen molar-refractivity contribution in [1.29, 1.82) is 5.26 Å². The van der Waals surface area contributed by atoms with Gasteiger partial charge in [-0.2, -0.15) is 10.5 Å². The molecule has 0 radical (unpaired) electrons. The monoisotopic (exact) mass is 509 g/mol. The van der Waals surface area contributed by atoms with Crippen molar-refractivity contribution < 1.29 is 9.59 Å². The van der Waals surface area contributed by atoms with Crippen LogP contribution in [0.2, 0.25) is 0 Å². The third-order valence-corrected chi connectivity index (χ3v) is 8.17. The molecule has 1 aromatic heterocycles. The molecule has 1 saturated heterocycles. The summed E-state index contributed by atoms with van der Waals surface area (Å²) in [5.41, 5.74) is 15.3. The number of nitrogens with two attached hydrogens (primary N) is 2. The summed E-state index contributed by atoms with van der Waals surface area (Å²) >= 11 is 0. The number of likely N-dealkylation sites (tertiary alicyclic amines) is 1. The van der Waals surface area contributed by atoms with Crippen LogP contribution < -0.4 is 16.8 Å². The number of aromatic amines is 1. The quantitative estimate of drug-likeness (QED) is 0.310. The van der Waals surface area contributed by atoms with Gasteiger partial charge in [0.2, 0.25) is 11.8 Å². The predicted molar refractivity (Wildman–Crippen MR) is 137 cm³/mol. The molecule has 6 N–H and O–H groups in total. The van der Waals surface area contributed by atoms with Gasteiger partial charge in [0, 0.05) is 29.4 Å². The van der Waals surface area contributed by atoms with E-state index in [0.29, 0.717) is 48.4 Å².